The van der Waals surface area contributed by atoms with Gasteiger partial charge in [0.25, 0.3) is 0 Å². The van der Waals surface area contributed by atoms with Gasteiger partial charge in [-0.15, -0.1) is 24.0 Å². The van der Waals surface area contributed by atoms with Crippen LogP contribution in [0.5, 0.6) is 11.5 Å². The lowest BCUT2D eigenvalue weighted by Crippen LogP contribution is -2.52. The Morgan fingerprint density at radius 1 is 1.07 bits per heavy atom. The first kappa shape index (κ1) is 22.5. The number of guanidine groups is 1. The van der Waals surface area contributed by atoms with E-state index in [2.05, 4.69) is 38.3 Å². The number of phenols is 1. The fourth-order valence-corrected chi connectivity index (χ4v) is 3.83. The minimum absolute atomic E-state index is 0. The van der Waals surface area contributed by atoms with Crippen LogP contribution in [0.3, 0.4) is 0 Å². The Bertz CT molecular complexity index is 849. The smallest absolute Gasteiger partial charge is 0.194 e. The molecule has 162 valence electrons. The summed E-state index contributed by atoms with van der Waals surface area (Å²) >= 11 is 0. The lowest BCUT2D eigenvalue weighted by atomic mass is 9.96. The Kier molecular flexibility index (Phi) is 8.07. The van der Waals surface area contributed by atoms with Gasteiger partial charge in [0.1, 0.15) is 11.5 Å². The number of piperazine rings is 1. The maximum absolute atomic E-state index is 10.1. The molecule has 2 aliphatic rings. The lowest BCUT2D eigenvalue weighted by molar-refractivity contribution is 0.119. The zero-order chi connectivity index (χ0) is 20.1. The van der Waals surface area contributed by atoms with Gasteiger partial charge in [0.05, 0.1) is 11.8 Å². The number of phenolic OH excluding ortho intramolecular Hbond substituents is 1. The van der Waals surface area contributed by atoms with Gasteiger partial charge in [-0.05, 0) is 37.5 Å². The molecule has 1 aliphatic heterocycles. The van der Waals surface area contributed by atoms with E-state index in [1.54, 1.807) is 6.07 Å². The van der Waals surface area contributed by atoms with Gasteiger partial charge in [-0.25, -0.2) is 0 Å². The summed E-state index contributed by atoms with van der Waals surface area (Å²) in [5, 5.41) is 13.6. The Labute approximate surface area is 196 Å². The van der Waals surface area contributed by atoms with Crippen LogP contribution in [-0.2, 0) is 6.54 Å². The maximum atomic E-state index is 10.1. The van der Waals surface area contributed by atoms with Crippen LogP contribution in [0.1, 0.15) is 24.8 Å². The highest BCUT2D eigenvalue weighted by Gasteiger charge is 2.22. The second kappa shape index (κ2) is 10.7. The fourth-order valence-electron chi connectivity index (χ4n) is 3.83. The molecule has 0 amide bonds. The van der Waals surface area contributed by atoms with E-state index in [9.17, 15) is 5.11 Å². The number of anilines is 1. The largest absolute Gasteiger partial charge is 0.506 e. The van der Waals surface area contributed by atoms with Crippen LogP contribution in [0.2, 0.25) is 0 Å². The molecule has 0 atom stereocenters. The van der Waals surface area contributed by atoms with E-state index in [1.165, 1.54) is 6.42 Å². The fraction of sp³-hybridized carbons (Fsp3) is 0.435. The van der Waals surface area contributed by atoms with Gasteiger partial charge >= 0.3 is 0 Å². The van der Waals surface area contributed by atoms with Crippen molar-refractivity contribution in [2.75, 3.05) is 38.1 Å². The van der Waals surface area contributed by atoms with Gasteiger partial charge < -0.3 is 25.0 Å². The number of ether oxygens (including phenoxy) is 1. The summed E-state index contributed by atoms with van der Waals surface area (Å²) in [4.78, 5) is 8.98. The van der Waals surface area contributed by atoms with Crippen LogP contribution in [0.25, 0.3) is 0 Å². The lowest BCUT2D eigenvalue weighted by Gasteiger charge is -2.38. The molecule has 2 N–H and O–H groups in total. The number of hydrogen-bond donors (Lipinski definition) is 2. The Morgan fingerprint density at radius 2 is 1.77 bits per heavy atom. The molecule has 1 saturated carbocycles. The van der Waals surface area contributed by atoms with E-state index in [1.807, 2.05) is 31.3 Å². The first-order valence-electron chi connectivity index (χ1n) is 10.5. The molecule has 30 heavy (non-hydrogen) atoms. The Balaban J connectivity index is 0.00000256. The molecule has 0 radical (unpaired) electrons. The average Bonchev–Trinajstić information content (AvgIpc) is 2.73. The van der Waals surface area contributed by atoms with Gasteiger partial charge in [0.15, 0.2) is 5.96 Å². The first-order chi connectivity index (χ1) is 14.2. The second-order valence-corrected chi connectivity index (χ2v) is 7.64. The van der Waals surface area contributed by atoms with Crippen molar-refractivity contribution in [3.63, 3.8) is 0 Å². The van der Waals surface area contributed by atoms with Gasteiger partial charge in [0.2, 0.25) is 0 Å². The van der Waals surface area contributed by atoms with Crippen LogP contribution in [0.4, 0.5) is 5.69 Å². The minimum Gasteiger partial charge on any atom is -0.506 e. The number of hydrogen-bond acceptors (Lipinski definition) is 4. The summed E-state index contributed by atoms with van der Waals surface area (Å²) < 4.78 is 6.14. The third-order valence-electron chi connectivity index (χ3n) is 5.77. The molecular formula is C23H31IN4O2. The van der Waals surface area contributed by atoms with Crippen LogP contribution in [-0.4, -0.2) is 55.3 Å². The molecule has 1 aliphatic carbocycles. The van der Waals surface area contributed by atoms with Crippen molar-refractivity contribution in [2.45, 2.75) is 31.9 Å². The summed E-state index contributed by atoms with van der Waals surface area (Å²) in [5.74, 6) is 2.22. The predicted molar refractivity (Wildman–Crippen MR) is 132 cm³/mol. The average molecular weight is 522 g/mol. The van der Waals surface area contributed by atoms with Gasteiger partial charge in [-0.3, -0.25) is 4.99 Å². The minimum atomic E-state index is 0. The summed E-state index contributed by atoms with van der Waals surface area (Å²) in [6.07, 6.45) is 3.96. The highest BCUT2D eigenvalue weighted by Crippen LogP contribution is 2.28. The third kappa shape index (κ3) is 5.30. The van der Waals surface area contributed by atoms with E-state index in [-0.39, 0.29) is 24.0 Å². The normalized spacial score (nSPS) is 17.2. The number of halogens is 1. The van der Waals surface area contributed by atoms with Crippen molar-refractivity contribution in [3.05, 3.63) is 54.1 Å². The van der Waals surface area contributed by atoms with Gasteiger partial charge in [-0.2, -0.15) is 0 Å². The van der Waals surface area contributed by atoms with Gasteiger partial charge in [0, 0.05) is 45.3 Å². The third-order valence-corrected chi connectivity index (χ3v) is 5.77. The zero-order valence-corrected chi connectivity index (χ0v) is 19.8. The molecule has 0 aromatic heterocycles. The Hall–Kier alpha value is -2.16. The number of aliphatic imine (C=N–C) groups is 1. The maximum Gasteiger partial charge on any atom is 0.194 e. The number of nitrogens with zero attached hydrogens (tertiary/aromatic N) is 3. The molecule has 4 rings (SSSR count). The summed E-state index contributed by atoms with van der Waals surface area (Å²) in [7, 11) is 1.83. The zero-order valence-electron chi connectivity index (χ0n) is 17.5. The second-order valence-electron chi connectivity index (χ2n) is 7.64. The van der Waals surface area contributed by atoms with Gasteiger partial charge in [-0.1, -0.05) is 30.3 Å². The summed E-state index contributed by atoms with van der Waals surface area (Å²) in [6, 6.07) is 15.8. The summed E-state index contributed by atoms with van der Waals surface area (Å²) in [5.41, 5.74) is 2.06. The standard InChI is InChI=1S/C23H30N4O2.HI/c1-24-23(25-17-18-7-2-5-12-22(18)29-19-8-6-9-19)27-15-13-26(14-16-27)20-10-3-4-11-21(20)28;/h2-5,7,10-12,19,28H,6,8-9,13-17H2,1H3,(H,24,25);1H. The highest BCUT2D eigenvalue weighted by atomic mass is 127. The number of benzene rings is 2. The van der Waals surface area contributed by atoms with E-state index in [0.29, 0.717) is 18.4 Å². The molecule has 0 bridgehead atoms. The van der Waals surface area contributed by atoms with E-state index in [0.717, 1.165) is 62.0 Å². The molecule has 0 unspecified atom stereocenters. The molecular weight excluding hydrogens is 491 g/mol. The molecule has 2 aromatic rings. The van der Waals surface area contributed by atoms with Crippen LogP contribution in [0, 0.1) is 0 Å². The first-order valence-corrected chi connectivity index (χ1v) is 10.5. The predicted octanol–water partition coefficient (Wildman–Crippen LogP) is 3.84. The van der Waals surface area contributed by atoms with Crippen LogP contribution < -0.4 is 15.0 Å². The molecule has 2 aromatic carbocycles. The Morgan fingerprint density at radius 3 is 2.43 bits per heavy atom. The van der Waals surface area contributed by atoms with Crippen molar-refractivity contribution in [1.82, 2.24) is 10.2 Å². The number of para-hydroxylation sites is 3. The van der Waals surface area contributed by atoms with E-state index >= 15 is 0 Å². The molecule has 7 heteroatoms. The SMILES string of the molecule is CN=C(NCc1ccccc1OC1CCC1)N1CCN(c2ccccc2O)CC1.I. The number of nitrogens with one attached hydrogen (secondary N) is 1. The van der Waals surface area contributed by atoms with Crippen molar-refractivity contribution in [1.29, 1.82) is 0 Å². The van der Waals surface area contributed by atoms with Crippen molar-refractivity contribution < 1.29 is 9.84 Å². The molecule has 6 nitrogen and oxygen atoms in total. The monoisotopic (exact) mass is 522 g/mol. The molecule has 1 saturated heterocycles. The molecule has 0 spiro atoms. The quantitative estimate of drug-likeness (QED) is 0.355. The van der Waals surface area contributed by atoms with E-state index in [4.69, 9.17) is 4.74 Å². The molecule has 1 heterocycles. The van der Waals surface area contributed by atoms with Crippen LogP contribution >= 0.6 is 24.0 Å². The molecule has 2 fully saturated rings. The highest BCUT2D eigenvalue weighted by molar-refractivity contribution is 14.0. The van der Waals surface area contributed by atoms with E-state index < -0.39 is 0 Å². The van der Waals surface area contributed by atoms with Crippen molar-refractivity contribution in [2.24, 2.45) is 4.99 Å². The summed E-state index contributed by atoms with van der Waals surface area (Å²) in [6.45, 7) is 4.09. The number of rotatable bonds is 5. The van der Waals surface area contributed by atoms with Crippen molar-refractivity contribution >= 4 is 35.6 Å². The number of aromatic hydroxyl groups is 1. The van der Waals surface area contributed by atoms with Crippen LogP contribution in [0.15, 0.2) is 53.5 Å². The topological polar surface area (TPSA) is 60.3 Å². The van der Waals surface area contributed by atoms with Crippen molar-refractivity contribution in [3.8, 4) is 11.5 Å².